The predicted octanol–water partition coefficient (Wildman–Crippen LogP) is 5.14. The lowest BCUT2D eigenvalue weighted by Crippen LogP contribution is -2.72. The van der Waals surface area contributed by atoms with E-state index in [1.165, 1.54) is 17.3 Å². The SMILES string of the molecule is Cc1nc(-c2c(-c3nn(C(C)C)c4ncnc(N)c34)noc2C2CC2)ncc1C1CCN(C(=O)OCC(=O)N2CCC(CN3CC4(C3)CN(c3cc5c(cc3F)c(N3CCC(=O)NC3=O)nn5C)C4)CC2)CC1. The fourth-order valence-electron chi connectivity index (χ4n) is 11.9. The van der Waals surface area contributed by atoms with Crippen molar-refractivity contribution in [2.45, 2.75) is 83.6 Å². The fraction of sp³-hybridized carbons (Fsp3) is 0.540. The van der Waals surface area contributed by atoms with Crippen molar-refractivity contribution in [3.05, 3.63) is 47.5 Å². The van der Waals surface area contributed by atoms with E-state index >= 15 is 4.39 Å². The number of aryl methyl sites for hydroxylation is 2. The van der Waals surface area contributed by atoms with Gasteiger partial charge in [0.05, 0.1) is 22.2 Å². The van der Waals surface area contributed by atoms with Gasteiger partial charge >= 0.3 is 12.1 Å². The van der Waals surface area contributed by atoms with Crippen LogP contribution < -0.4 is 20.9 Å². The number of nitrogens with one attached hydrogen (secondary N) is 1. The summed E-state index contributed by atoms with van der Waals surface area (Å²) in [5.41, 5.74) is 12.0. The van der Waals surface area contributed by atoms with E-state index in [1.807, 2.05) is 36.5 Å². The Morgan fingerprint density at radius 1 is 0.932 bits per heavy atom. The summed E-state index contributed by atoms with van der Waals surface area (Å²) in [4.78, 5) is 78.7. The standard InChI is InChI=1S/C50H59FN16O6/c1-27(2)67-47-40(44(52)54-26-55-47)41(58-67)42-39(43(73-60-42)31-5-6-31)45-53-19-33(28(3)56-45)30-9-14-64(15-10-30)49(71)72-21-38(69)63-12-7-29(8-13-63)20-62-22-50(23-62)24-65(25-50)36-18-35-32(17-34(36)51)46(59-61(35)4)66-16-11-37(68)57-48(66)70/h17-19,26-27,29-31H,5-16,20-25H2,1-4H3,(H2,52,54,55)(H,57,68,70). The highest BCUT2D eigenvalue weighted by molar-refractivity contribution is 6.09. The Kier molecular flexibility index (Phi) is 11.5. The van der Waals surface area contributed by atoms with E-state index in [4.69, 9.17) is 30.1 Å². The van der Waals surface area contributed by atoms with E-state index in [-0.39, 0.29) is 60.5 Å². The first-order chi connectivity index (χ1) is 35.2. The lowest BCUT2D eigenvalue weighted by molar-refractivity contribution is -0.136. The molecule has 73 heavy (non-hydrogen) atoms. The summed E-state index contributed by atoms with van der Waals surface area (Å²) in [5.74, 6) is 1.83. The Morgan fingerprint density at radius 2 is 1.68 bits per heavy atom. The van der Waals surface area contributed by atoms with Crippen LogP contribution >= 0.6 is 0 Å². The Labute approximate surface area is 419 Å². The van der Waals surface area contributed by atoms with E-state index in [0.717, 1.165) is 75.4 Å². The summed E-state index contributed by atoms with van der Waals surface area (Å²) < 4.78 is 30.7. The van der Waals surface area contributed by atoms with Gasteiger partial charge in [0.15, 0.2) is 29.7 Å². The summed E-state index contributed by atoms with van der Waals surface area (Å²) in [6, 6.07) is 2.71. The highest BCUT2D eigenvalue weighted by atomic mass is 19.1. The number of fused-ring (bicyclic) bond motifs is 2. The largest absolute Gasteiger partial charge is 0.439 e. The van der Waals surface area contributed by atoms with Crippen LogP contribution in [-0.2, 0) is 21.4 Å². The number of carbonyl (C=O) groups excluding carboxylic acids is 4. The van der Waals surface area contributed by atoms with Crippen LogP contribution in [0.1, 0.15) is 93.7 Å². The molecule has 23 heteroatoms. The smallest absolute Gasteiger partial charge is 0.410 e. The first kappa shape index (κ1) is 46.8. The molecule has 5 amide bonds. The van der Waals surface area contributed by atoms with Crippen molar-refractivity contribution in [3.63, 3.8) is 0 Å². The number of amides is 5. The number of anilines is 3. The predicted molar refractivity (Wildman–Crippen MR) is 265 cm³/mol. The van der Waals surface area contributed by atoms with Crippen LogP contribution in [0.5, 0.6) is 0 Å². The summed E-state index contributed by atoms with van der Waals surface area (Å²) >= 11 is 0. The molecule has 6 aromatic rings. The molecular weight excluding hydrogens is 940 g/mol. The average Bonchev–Trinajstić information content (AvgIpc) is 3.85. The zero-order valence-electron chi connectivity index (χ0n) is 41.5. The lowest BCUT2D eigenvalue weighted by atomic mass is 9.72. The number of hydrogen-bond acceptors (Lipinski definition) is 16. The number of benzene rings is 1. The van der Waals surface area contributed by atoms with Gasteiger partial charge in [0.2, 0.25) is 5.91 Å². The van der Waals surface area contributed by atoms with Crippen molar-refractivity contribution in [1.29, 1.82) is 0 Å². The summed E-state index contributed by atoms with van der Waals surface area (Å²) in [6.45, 7) is 12.5. The van der Waals surface area contributed by atoms with Crippen LogP contribution in [-0.4, -0.2) is 155 Å². The molecule has 1 spiro atoms. The van der Waals surface area contributed by atoms with Crippen LogP contribution in [0.4, 0.5) is 31.3 Å². The monoisotopic (exact) mass is 998 g/mol. The number of hydrogen-bond donors (Lipinski definition) is 2. The van der Waals surface area contributed by atoms with Gasteiger partial charge in [-0.2, -0.15) is 10.2 Å². The Morgan fingerprint density at radius 3 is 2.40 bits per heavy atom. The van der Waals surface area contributed by atoms with Gasteiger partial charge in [0.25, 0.3) is 5.91 Å². The molecule has 12 rings (SSSR count). The van der Waals surface area contributed by atoms with Crippen LogP contribution in [0.2, 0.25) is 0 Å². The first-order valence-electron chi connectivity index (χ1n) is 25.5. The molecule has 6 aliphatic rings. The number of nitrogens with zero attached hydrogens (tertiary/aromatic N) is 14. The summed E-state index contributed by atoms with van der Waals surface area (Å²) in [7, 11) is 1.77. The van der Waals surface area contributed by atoms with Crippen LogP contribution in [0.25, 0.3) is 44.7 Å². The van der Waals surface area contributed by atoms with Gasteiger partial charge in [-0.25, -0.2) is 38.6 Å². The maximum atomic E-state index is 15.6. The highest BCUT2D eigenvalue weighted by Crippen LogP contribution is 2.49. The molecule has 0 unspecified atom stereocenters. The molecule has 22 nitrogen and oxygen atoms in total. The van der Waals surface area contributed by atoms with Gasteiger partial charge in [-0.15, -0.1) is 0 Å². The Bertz CT molecular complexity index is 3190. The van der Waals surface area contributed by atoms with Gasteiger partial charge in [-0.3, -0.25) is 24.5 Å². The number of piperidine rings is 2. The van der Waals surface area contributed by atoms with Crippen molar-refractivity contribution in [2.24, 2.45) is 18.4 Å². The number of nitrogens with two attached hydrogens (primary N) is 1. The number of ether oxygens (including phenoxy) is 1. The van der Waals surface area contributed by atoms with Gasteiger partial charge < -0.3 is 34.6 Å². The maximum absolute atomic E-state index is 15.6. The second-order valence-electron chi connectivity index (χ2n) is 21.3. The quantitative estimate of drug-likeness (QED) is 0.171. The second kappa shape index (κ2) is 18.0. The molecule has 1 aromatic carbocycles. The molecular formula is C50H59FN16O6. The van der Waals surface area contributed by atoms with E-state index in [0.29, 0.717) is 107 Å². The minimum absolute atomic E-state index is 0.0125. The number of halogens is 1. The molecule has 5 saturated heterocycles. The molecule has 0 bridgehead atoms. The van der Waals surface area contributed by atoms with Crippen molar-refractivity contribution in [2.75, 3.05) is 87.6 Å². The normalized spacial score (nSPS) is 19.9. The zero-order chi connectivity index (χ0) is 50.4. The number of aromatic nitrogens is 9. The molecule has 0 atom stereocenters. The topological polar surface area (TPSA) is 245 Å². The van der Waals surface area contributed by atoms with E-state index < -0.39 is 12.1 Å². The average molecular weight is 999 g/mol. The number of imide groups is 1. The molecule has 1 saturated carbocycles. The van der Waals surface area contributed by atoms with Crippen molar-refractivity contribution >= 4 is 63.2 Å². The minimum Gasteiger partial charge on any atom is -0.439 e. The van der Waals surface area contributed by atoms with Crippen LogP contribution in [0.15, 0.2) is 29.2 Å². The number of likely N-dealkylation sites (tertiary alicyclic amines) is 3. The Balaban J connectivity index is 0.591. The molecule has 1 aliphatic carbocycles. The maximum Gasteiger partial charge on any atom is 0.410 e. The van der Waals surface area contributed by atoms with Crippen LogP contribution in [0, 0.1) is 24.1 Å². The molecule has 5 aromatic heterocycles. The minimum atomic E-state index is -0.554. The molecule has 6 fully saturated rings. The summed E-state index contributed by atoms with van der Waals surface area (Å²) in [5, 5.41) is 17.4. The number of rotatable bonds is 11. The van der Waals surface area contributed by atoms with Gasteiger partial charge in [-0.1, -0.05) is 5.16 Å². The third-order valence-corrected chi connectivity index (χ3v) is 15.9. The van der Waals surface area contributed by atoms with Gasteiger partial charge in [0, 0.05) is 114 Å². The first-order valence-corrected chi connectivity index (χ1v) is 25.5. The number of carbonyl (C=O) groups is 4. The van der Waals surface area contributed by atoms with Gasteiger partial charge in [-0.05, 0) is 88.8 Å². The van der Waals surface area contributed by atoms with Crippen molar-refractivity contribution in [1.82, 2.24) is 64.7 Å². The zero-order valence-corrected chi connectivity index (χ0v) is 41.5. The van der Waals surface area contributed by atoms with E-state index in [1.54, 1.807) is 22.7 Å². The van der Waals surface area contributed by atoms with Crippen LogP contribution in [0.3, 0.4) is 0 Å². The number of nitrogen functional groups attached to an aromatic ring is 1. The molecule has 10 heterocycles. The molecule has 382 valence electrons. The number of urea groups is 1. The van der Waals surface area contributed by atoms with E-state index in [9.17, 15) is 19.2 Å². The summed E-state index contributed by atoms with van der Waals surface area (Å²) in [6.07, 6.45) is 8.15. The van der Waals surface area contributed by atoms with Gasteiger partial charge in [0.1, 0.15) is 29.4 Å². The second-order valence-corrected chi connectivity index (χ2v) is 21.3. The van der Waals surface area contributed by atoms with Crippen molar-refractivity contribution < 1.29 is 32.8 Å². The lowest BCUT2D eigenvalue weighted by Gasteiger charge is -2.61. The fourth-order valence-corrected chi connectivity index (χ4v) is 11.9. The van der Waals surface area contributed by atoms with E-state index in [2.05, 4.69) is 35.3 Å². The molecule has 5 aliphatic heterocycles. The Hall–Kier alpha value is -7.30. The highest BCUT2D eigenvalue weighted by Gasteiger charge is 2.52. The molecule has 3 N–H and O–H groups in total. The third kappa shape index (κ3) is 8.43. The molecule has 0 radical (unpaired) electrons. The third-order valence-electron chi connectivity index (χ3n) is 15.9. The van der Waals surface area contributed by atoms with Crippen molar-refractivity contribution in [3.8, 4) is 22.8 Å².